The highest BCUT2D eigenvalue weighted by Crippen LogP contribution is 2.38. The van der Waals surface area contributed by atoms with Crippen molar-refractivity contribution in [3.8, 4) is 11.5 Å². The monoisotopic (exact) mass is 334 g/mol. The van der Waals surface area contributed by atoms with Crippen LogP contribution in [0, 0.1) is 0 Å². The summed E-state index contributed by atoms with van der Waals surface area (Å²) in [5, 5.41) is 0.810. The maximum atomic E-state index is 12.5. The van der Waals surface area contributed by atoms with Crippen LogP contribution >= 0.6 is 11.3 Å². The predicted molar refractivity (Wildman–Crippen MR) is 86.5 cm³/mol. The maximum Gasteiger partial charge on any atom is 0.325 e. The molecule has 3 aromatic rings. The Bertz CT molecular complexity index is 960. The fourth-order valence-corrected chi connectivity index (χ4v) is 3.43. The van der Waals surface area contributed by atoms with Crippen LogP contribution < -0.4 is 15.0 Å². The number of esters is 1. The van der Waals surface area contributed by atoms with E-state index < -0.39 is 5.97 Å². The molecule has 0 aliphatic rings. The van der Waals surface area contributed by atoms with Crippen molar-refractivity contribution in [1.29, 1.82) is 0 Å². The molecule has 2 heterocycles. The van der Waals surface area contributed by atoms with Crippen molar-refractivity contribution >= 4 is 37.6 Å². The molecule has 0 saturated carbocycles. The number of nitrogens with zero attached hydrogens (tertiary/aromatic N) is 2. The molecule has 0 unspecified atom stereocenters. The number of ether oxygens (including phenoxy) is 3. The Morgan fingerprint density at radius 2 is 1.91 bits per heavy atom. The highest BCUT2D eigenvalue weighted by atomic mass is 32.1. The molecule has 0 spiro atoms. The minimum absolute atomic E-state index is 0.167. The molecule has 0 amide bonds. The van der Waals surface area contributed by atoms with Crippen LogP contribution in [0.5, 0.6) is 11.5 Å². The van der Waals surface area contributed by atoms with E-state index >= 15 is 0 Å². The van der Waals surface area contributed by atoms with Gasteiger partial charge in [0.25, 0.3) is 5.56 Å². The van der Waals surface area contributed by atoms with Gasteiger partial charge in [0.05, 0.1) is 33.2 Å². The first kappa shape index (κ1) is 15.3. The highest BCUT2D eigenvalue weighted by molar-refractivity contribution is 7.25. The first-order valence-electron chi connectivity index (χ1n) is 6.69. The smallest absolute Gasteiger partial charge is 0.325 e. The second kappa shape index (κ2) is 5.88. The van der Waals surface area contributed by atoms with E-state index in [9.17, 15) is 9.59 Å². The van der Waals surface area contributed by atoms with Gasteiger partial charge in [-0.05, 0) is 6.07 Å². The number of hydrogen-bond acceptors (Lipinski definition) is 7. The van der Waals surface area contributed by atoms with E-state index in [1.54, 1.807) is 20.3 Å². The molecule has 0 saturated heterocycles. The quantitative estimate of drug-likeness (QED) is 0.677. The molecule has 1 aromatic carbocycles. The van der Waals surface area contributed by atoms with Crippen molar-refractivity contribution < 1.29 is 19.0 Å². The minimum atomic E-state index is -0.502. The van der Waals surface area contributed by atoms with Gasteiger partial charge in [-0.15, -0.1) is 11.3 Å². The van der Waals surface area contributed by atoms with Crippen LogP contribution in [0.2, 0.25) is 0 Å². The second-order valence-corrected chi connectivity index (χ2v) is 5.79. The van der Waals surface area contributed by atoms with Crippen molar-refractivity contribution in [2.45, 2.75) is 6.54 Å². The molecule has 0 bridgehead atoms. The molecule has 120 valence electrons. The molecule has 0 N–H and O–H groups in total. The van der Waals surface area contributed by atoms with Crippen molar-refractivity contribution in [2.24, 2.45) is 0 Å². The van der Waals surface area contributed by atoms with Crippen molar-refractivity contribution in [2.75, 3.05) is 21.3 Å². The van der Waals surface area contributed by atoms with Crippen LogP contribution in [0.3, 0.4) is 0 Å². The number of methoxy groups -OCH3 is 3. The van der Waals surface area contributed by atoms with Gasteiger partial charge in [-0.1, -0.05) is 0 Å². The number of thiophene rings is 1. The predicted octanol–water partition coefficient (Wildman–Crippen LogP) is 1.80. The van der Waals surface area contributed by atoms with Crippen LogP contribution in [0.4, 0.5) is 0 Å². The van der Waals surface area contributed by atoms with Crippen LogP contribution in [-0.2, 0) is 16.1 Å². The van der Waals surface area contributed by atoms with Gasteiger partial charge in [0, 0.05) is 16.2 Å². The van der Waals surface area contributed by atoms with E-state index in [0.29, 0.717) is 21.7 Å². The lowest BCUT2D eigenvalue weighted by Gasteiger charge is -2.07. The first-order chi connectivity index (χ1) is 11.1. The van der Waals surface area contributed by atoms with E-state index in [1.807, 2.05) is 6.07 Å². The van der Waals surface area contributed by atoms with Crippen LogP contribution in [0.1, 0.15) is 0 Å². The number of fused-ring (bicyclic) bond motifs is 3. The van der Waals surface area contributed by atoms with Gasteiger partial charge in [0.1, 0.15) is 11.2 Å². The maximum absolute atomic E-state index is 12.5. The van der Waals surface area contributed by atoms with Gasteiger partial charge in [-0.3, -0.25) is 14.2 Å². The largest absolute Gasteiger partial charge is 0.493 e. The number of rotatable bonds is 4. The molecule has 0 aliphatic heterocycles. The molecule has 0 radical (unpaired) electrons. The summed E-state index contributed by atoms with van der Waals surface area (Å²) in [7, 11) is 4.38. The third kappa shape index (κ3) is 2.50. The van der Waals surface area contributed by atoms with Gasteiger partial charge in [-0.25, -0.2) is 4.98 Å². The van der Waals surface area contributed by atoms with E-state index in [4.69, 9.17) is 9.47 Å². The SMILES string of the molecule is COC(=O)Cn1cnc2c(sc3cc(OC)c(OC)cc32)c1=O. The van der Waals surface area contributed by atoms with Crippen LogP contribution in [-0.4, -0.2) is 36.8 Å². The molecule has 0 aliphatic carbocycles. The van der Waals surface area contributed by atoms with Gasteiger partial charge in [0.15, 0.2) is 11.5 Å². The zero-order valence-electron chi connectivity index (χ0n) is 12.8. The Labute approximate surface area is 135 Å². The second-order valence-electron chi connectivity index (χ2n) is 4.74. The third-order valence-corrected chi connectivity index (χ3v) is 4.61. The Morgan fingerprint density at radius 3 is 2.57 bits per heavy atom. The summed E-state index contributed by atoms with van der Waals surface area (Å²) in [6.07, 6.45) is 1.35. The van der Waals surface area contributed by atoms with Gasteiger partial charge in [-0.2, -0.15) is 0 Å². The molecule has 8 heteroatoms. The van der Waals surface area contributed by atoms with Gasteiger partial charge < -0.3 is 14.2 Å². The highest BCUT2D eigenvalue weighted by Gasteiger charge is 2.16. The zero-order chi connectivity index (χ0) is 16.6. The summed E-state index contributed by atoms with van der Waals surface area (Å²) in [4.78, 5) is 28.2. The summed E-state index contributed by atoms with van der Waals surface area (Å²) in [5.74, 6) is 0.652. The summed E-state index contributed by atoms with van der Waals surface area (Å²) < 4.78 is 17.7. The van der Waals surface area contributed by atoms with Gasteiger partial charge in [0.2, 0.25) is 0 Å². The summed E-state index contributed by atoms with van der Waals surface area (Å²) in [5.41, 5.74) is 0.302. The standard InChI is InChI=1S/C15H14N2O5S/c1-20-9-4-8-11(5-10(9)21-2)23-14-13(8)16-7-17(15(14)19)6-12(18)22-3/h4-5,7H,6H2,1-3H3. The molecule has 23 heavy (non-hydrogen) atoms. The van der Waals surface area contributed by atoms with Gasteiger partial charge >= 0.3 is 5.97 Å². The summed E-state index contributed by atoms with van der Waals surface area (Å²) >= 11 is 1.30. The zero-order valence-corrected chi connectivity index (χ0v) is 13.6. The molecule has 7 nitrogen and oxygen atoms in total. The Morgan fingerprint density at radius 1 is 1.22 bits per heavy atom. The number of benzene rings is 1. The van der Waals surface area contributed by atoms with Crippen molar-refractivity contribution in [3.63, 3.8) is 0 Å². The molecular weight excluding hydrogens is 320 g/mol. The lowest BCUT2D eigenvalue weighted by atomic mass is 10.2. The Kier molecular flexibility index (Phi) is 3.91. The minimum Gasteiger partial charge on any atom is -0.493 e. The molecular formula is C15H14N2O5S. The van der Waals surface area contributed by atoms with Crippen molar-refractivity contribution in [1.82, 2.24) is 9.55 Å². The Hall–Kier alpha value is -2.61. The fourth-order valence-electron chi connectivity index (χ4n) is 2.31. The Balaban J connectivity index is 2.25. The topological polar surface area (TPSA) is 79.7 Å². The third-order valence-electron chi connectivity index (χ3n) is 3.48. The number of hydrogen-bond donors (Lipinski definition) is 0. The number of aromatic nitrogens is 2. The van der Waals surface area contributed by atoms with E-state index in [1.165, 1.54) is 29.3 Å². The normalized spacial score (nSPS) is 10.9. The molecule has 0 atom stereocenters. The molecule has 2 aromatic heterocycles. The summed E-state index contributed by atoms with van der Waals surface area (Å²) in [6, 6.07) is 3.61. The number of carbonyl (C=O) groups is 1. The number of carbonyl (C=O) groups excluding carboxylic acids is 1. The van der Waals surface area contributed by atoms with E-state index in [0.717, 1.165) is 10.1 Å². The molecule has 3 rings (SSSR count). The van der Waals surface area contributed by atoms with Crippen molar-refractivity contribution in [3.05, 3.63) is 28.8 Å². The fraction of sp³-hybridized carbons (Fsp3) is 0.267. The van der Waals surface area contributed by atoms with Crippen LogP contribution in [0.25, 0.3) is 20.3 Å². The lowest BCUT2D eigenvalue weighted by Crippen LogP contribution is -2.24. The first-order valence-corrected chi connectivity index (χ1v) is 7.51. The molecule has 0 fully saturated rings. The average molecular weight is 334 g/mol. The lowest BCUT2D eigenvalue weighted by molar-refractivity contribution is -0.141. The average Bonchev–Trinajstić information content (AvgIpc) is 2.94. The summed E-state index contributed by atoms with van der Waals surface area (Å²) in [6.45, 7) is -0.167. The van der Waals surface area contributed by atoms with E-state index in [2.05, 4.69) is 9.72 Å². The van der Waals surface area contributed by atoms with E-state index in [-0.39, 0.29) is 12.1 Å². The van der Waals surface area contributed by atoms with Crippen LogP contribution in [0.15, 0.2) is 23.3 Å².